The van der Waals surface area contributed by atoms with Gasteiger partial charge < -0.3 is 14.7 Å². The van der Waals surface area contributed by atoms with E-state index in [0.29, 0.717) is 25.2 Å². The minimum Gasteiger partial charge on any atom is -0.338 e. The van der Waals surface area contributed by atoms with Crippen molar-refractivity contribution in [2.24, 2.45) is 11.8 Å². The van der Waals surface area contributed by atoms with Crippen LogP contribution in [-0.2, 0) is 0 Å². The summed E-state index contributed by atoms with van der Waals surface area (Å²) >= 11 is 0. The van der Waals surface area contributed by atoms with Crippen molar-refractivity contribution >= 4 is 11.9 Å². The van der Waals surface area contributed by atoms with Gasteiger partial charge in [0.15, 0.2) is 0 Å². The standard InChI is InChI=1S/C23H25F2N3O2/c1-14-7-8-18(20(25)9-14)22(29)27-11-16-12-28(23(30)26(2)3)21(19(16)13-27)15-5-4-6-17(24)10-15/h4-10,16,19,21H,11-13H2,1-3H3/t16-,19-,21+/m1/s1. The lowest BCUT2D eigenvalue weighted by Crippen LogP contribution is -2.42. The number of benzene rings is 2. The van der Waals surface area contributed by atoms with E-state index >= 15 is 0 Å². The summed E-state index contributed by atoms with van der Waals surface area (Å²) in [5.74, 6) is -1.21. The first-order chi connectivity index (χ1) is 14.3. The Morgan fingerprint density at radius 1 is 1.03 bits per heavy atom. The Bertz CT molecular complexity index is 994. The lowest BCUT2D eigenvalue weighted by molar-refractivity contribution is 0.0762. The molecule has 2 aromatic rings. The number of urea groups is 1. The van der Waals surface area contributed by atoms with Crippen LogP contribution in [0.25, 0.3) is 0 Å². The largest absolute Gasteiger partial charge is 0.338 e. The second-order valence-electron chi connectivity index (χ2n) is 8.45. The lowest BCUT2D eigenvalue weighted by Gasteiger charge is -2.32. The van der Waals surface area contributed by atoms with Crippen LogP contribution in [0.3, 0.4) is 0 Å². The topological polar surface area (TPSA) is 43.9 Å². The summed E-state index contributed by atoms with van der Waals surface area (Å²) < 4.78 is 28.3. The number of fused-ring (bicyclic) bond motifs is 1. The van der Waals surface area contributed by atoms with Crippen molar-refractivity contribution in [2.75, 3.05) is 33.7 Å². The maximum atomic E-state index is 14.3. The van der Waals surface area contributed by atoms with Gasteiger partial charge in [0.05, 0.1) is 11.6 Å². The summed E-state index contributed by atoms with van der Waals surface area (Å²) in [5, 5.41) is 0. The molecule has 0 unspecified atom stereocenters. The van der Waals surface area contributed by atoms with Crippen LogP contribution in [0.1, 0.15) is 27.5 Å². The third-order valence-electron chi connectivity index (χ3n) is 6.12. The molecule has 5 nitrogen and oxygen atoms in total. The number of hydrogen-bond acceptors (Lipinski definition) is 2. The molecular weight excluding hydrogens is 388 g/mol. The van der Waals surface area contributed by atoms with E-state index in [9.17, 15) is 18.4 Å². The van der Waals surface area contributed by atoms with Crippen LogP contribution in [-0.4, -0.2) is 60.4 Å². The minimum atomic E-state index is -0.525. The molecule has 0 radical (unpaired) electrons. The summed E-state index contributed by atoms with van der Waals surface area (Å²) in [7, 11) is 3.38. The normalized spacial score (nSPS) is 22.9. The number of aryl methyl sites for hydroxylation is 1. The van der Waals surface area contributed by atoms with Crippen LogP contribution >= 0.6 is 0 Å². The Morgan fingerprint density at radius 3 is 2.47 bits per heavy atom. The highest BCUT2D eigenvalue weighted by Crippen LogP contribution is 2.45. The third-order valence-corrected chi connectivity index (χ3v) is 6.12. The van der Waals surface area contributed by atoms with Gasteiger partial charge in [0.25, 0.3) is 5.91 Å². The maximum absolute atomic E-state index is 14.3. The fourth-order valence-electron chi connectivity index (χ4n) is 4.75. The zero-order valence-corrected chi connectivity index (χ0v) is 17.3. The third kappa shape index (κ3) is 3.53. The number of likely N-dealkylation sites (tertiary alicyclic amines) is 2. The van der Waals surface area contributed by atoms with Crippen molar-refractivity contribution in [3.8, 4) is 0 Å². The second-order valence-corrected chi connectivity index (χ2v) is 8.45. The molecule has 2 aromatic carbocycles. The van der Waals surface area contributed by atoms with Crippen molar-refractivity contribution in [1.29, 1.82) is 0 Å². The van der Waals surface area contributed by atoms with E-state index in [-0.39, 0.29) is 41.2 Å². The van der Waals surface area contributed by atoms with Gasteiger partial charge in [-0.25, -0.2) is 13.6 Å². The van der Waals surface area contributed by atoms with Gasteiger partial charge in [-0.1, -0.05) is 18.2 Å². The van der Waals surface area contributed by atoms with Crippen LogP contribution in [0.2, 0.25) is 0 Å². The molecule has 2 aliphatic rings. The van der Waals surface area contributed by atoms with Gasteiger partial charge in [-0.2, -0.15) is 0 Å². The summed E-state index contributed by atoms with van der Waals surface area (Å²) in [4.78, 5) is 30.7. The number of carbonyl (C=O) groups is 2. The van der Waals surface area contributed by atoms with Crippen LogP contribution < -0.4 is 0 Å². The molecule has 2 heterocycles. The summed E-state index contributed by atoms with van der Waals surface area (Å²) in [6.07, 6.45) is 0. The van der Waals surface area contributed by atoms with Gasteiger partial charge in [0, 0.05) is 45.6 Å². The number of halogens is 2. The van der Waals surface area contributed by atoms with E-state index in [4.69, 9.17) is 0 Å². The Kier molecular flexibility index (Phi) is 5.22. The Hall–Kier alpha value is -2.96. The SMILES string of the molecule is Cc1ccc(C(=O)N2C[C@@H]3CN(C(=O)N(C)C)[C@@H](c4cccc(F)c4)[C@@H]3C2)c(F)c1. The number of nitrogens with zero attached hydrogens (tertiary/aromatic N) is 3. The number of amides is 3. The Labute approximate surface area is 174 Å². The summed E-state index contributed by atoms with van der Waals surface area (Å²) in [6.45, 7) is 3.09. The predicted octanol–water partition coefficient (Wildman–Crippen LogP) is 3.70. The number of carbonyl (C=O) groups excluding carboxylic acids is 2. The van der Waals surface area contributed by atoms with Gasteiger partial charge in [-0.05, 0) is 42.3 Å². The second kappa shape index (κ2) is 7.70. The molecule has 2 saturated heterocycles. The Balaban J connectivity index is 1.62. The van der Waals surface area contributed by atoms with Crippen LogP contribution in [0.4, 0.5) is 13.6 Å². The van der Waals surface area contributed by atoms with Gasteiger partial charge in [0.2, 0.25) is 0 Å². The molecule has 3 amide bonds. The molecular formula is C23H25F2N3O2. The molecule has 0 aliphatic carbocycles. The summed E-state index contributed by atoms with van der Waals surface area (Å²) in [6, 6.07) is 10.4. The van der Waals surface area contributed by atoms with Crippen molar-refractivity contribution in [2.45, 2.75) is 13.0 Å². The van der Waals surface area contributed by atoms with Crippen molar-refractivity contribution in [1.82, 2.24) is 14.7 Å². The van der Waals surface area contributed by atoms with E-state index in [1.54, 1.807) is 43.0 Å². The maximum Gasteiger partial charge on any atom is 0.320 e. The van der Waals surface area contributed by atoms with Crippen LogP contribution in [0.15, 0.2) is 42.5 Å². The monoisotopic (exact) mass is 413 g/mol. The fraction of sp³-hybridized carbons (Fsp3) is 0.391. The fourth-order valence-corrected chi connectivity index (χ4v) is 4.75. The smallest absolute Gasteiger partial charge is 0.320 e. The van der Waals surface area contributed by atoms with Crippen molar-refractivity contribution in [3.05, 3.63) is 70.8 Å². The van der Waals surface area contributed by atoms with Gasteiger partial charge in [-0.15, -0.1) is 0 Å². The van der Waals surface area contributed by atoms with Crippen LogP contribution in [0, 0.1) is 30.4 Å². The molecule has 7 heteroatoms. The molecule has 0 spiro atoms. The quantitative estimate of drug-likeness (QED) is 0.754. The first kappa shape index (κ1) is 20.3. The van der Waals surface area contributed by atoms with E-state index in [2.05, 4.69) is 0 Å². The first-order valence-corrected chi connectivity index (χ1v) is 10.0. The highest BCUT2D eigenvalue weighted by atomic mass is 19.1. The zero-order chi connectivity index (χ0) is 21.6. The van der Waals surface area contributed by atoms with E-state index in [1.165, 1.54) is 29.2 Å². The summed E-state index contributed by atoms with van der Waals surface area (Å²) in [5.41, 5.74) is 1.53. The van der Waals surface area contributed by atoms with E-state index in [0.717, 1.165) is 5.56 Å². The van der Waals surface area contributed by atoms with Crippen molar-refractivity contribution in [3.63, 3.8) is 0 Å². The minimum absolute atomic E-state index is 0.0341. The molecule has 30 heavy (non-hydrogen) atoms. The van der Waals surface area contributed by atoms with Gasteiger partial charge in [0.1, 0.15) is 11.6 Å². The molecule has 158 valence electrons. The molecule has 0 bridgehead atoms. The first-order valence-electron chi connectivity index (χ1n) is 10.0. The average Bonchev–Trinajstić information content (AvgIpc) is 3.24. The molecule has 2 aliphatic heterocycles. The van der Waals surface area contributed by atoms with Gasteiger partial charge in [-0.3, -0.25) is 4.79 Å². The van der Waals surface area contributed by atoms with Crippen molar-refractivity contribution < 1.29 is 18.4 Å². The Morgan fingerprint density at radius 2 is 1.80 bits per heavy atom. The molecule has 3 atom stereocenters. The molecule has 2 fully saturated rings. The highest BCUT2D eigenvalue weighted by molar-refractivity contribution is 5.94. The number of hydrogen-bond donors (Lipinski definition) is 0. The molecule has 4 rings (SSSR count). The zero-order valence-electron chi connectivity index (χ0n) is 17.3. The van der Waals surface area contributed by atoms with E-state index in [1.807, 2.05) is 6.07 Å². The number of rotatable bonds is 2. The molecule has 0 saturated carbocycles. The van der Waals surface area contributed by atoms with Gasteiger partial charge >= 0.3 is 6.03 Å². The molecule has 0 N–H and O–H groups in total. The van der Waals surface area contributed by atoms with Crippen LogP contribution in [0.5, 0.6) is 0 Å². The molecule has 0 aromatic heterocycles. The average molecular weight is 413 g/mol. The van der Waals surface area contributed by atoms with E-state index < -0.39 is 5.82 Å². The highest BCUT2D eigenvalue weighted by Gasteiger charge is 2.50. The predicted molar refractivity (Wildman–Crippen MR) is 109 cm³/mol. The lowest BCUT2D eigenvalue weighted by atomic mass is 9.89.